The lowest BCUT2D eigenvalue weighted by Crippen LogP contribution is -2.35. The van der Waals surface area contributed by atoms with Crippen LogP contribution in [0.1, 0.15) is 36.3 Å². The van der Waals surface area contributed by atoms with Crippen molar-refractivity contribution < 1.29 is 9.53 Å². The van der Waals surface area contributed by atoms with E-state index < -0.39 is 0 Å². The van der Waals surface area contributed by atoms with Crippen molar-refractivity contribution in [2.45, 2.75) is 31.6 Å². The molecule has 1 unspecified atom stereocenters. The fourth-order valence-corrected chi connectivity index (χ4v) is 3.53. The highest BCUT2D eigenvalue weighted by Gasteiger charge is 2.23. The standard InChI is InChI=1S/C21H24ClNO2/c1-25-20-11-5-16(6-12-20)14-21(24)23-13-3-2-4-18(15-23)17-7-9-19(22)10-8-17/h5-12,18H,2-4,13-15H2,1H3. The normalized spacial score (nSPS) is 17.8. The average Bonchev–Trinajstić information content (AvgIpc) is 2.89. The first-order valence-electron chi connectivity index (χ1n) is 8.82. The van der Waals surface area contributed by atoms with Crippen LogP contribution in [0.2, 0.25) is 5.02 Å². The zero-order valence-corrected chi connectivity index (χ0v) is 15.3. The van der Waals surface area contributed by atoms with Crippen LogP contribution in [0.5, 0.6) is 5.75 Å². The zero-order chi connectivity index (χ0) is 17.6. The number of amides is 1. The Labute approximate surface area is 154 Å². The van der Waals surface area contributed by atoms with Crippen molar-refractivity contribution >= 4 is 17.5 Å². The van der Waals surface area contributed by atoms with Crippen molar-refractivity contribution in [1.82, 2.24) is 4.90 Å². The van der Waals surface area contributed by atoms with Crippen molar-refractivity contribution in [1.29, 1.82) is 0 Å². The number of hydrogen-bond donors (Lipinski definition) is 0. The predicted molar refractivity (Wildman–Crippen MR) is 101 cm³/mol. The molecule has 25 heavy (non-hydrogen) atoms. The van der Waals surface area contributed by atoms with Crippen LogP contribution in [-0.4, -0.2) is 31.0 Å². The van der Waals surface area contributed by atoms with Gasteiger partial charge in [0, 0.05) is 24.0 Å². The van der Waals surface area contributed by atoms with Crippen molar-refractivity contribution in [2.24, 2.45) is 0 Å². The molecule has 2 aromatic carbocycles. The Morgan fingerprint density at radius 2 is 1.84 bits per heavy atom. The third kappa shape index (κ3) is 4.76. The number of rotatable bonds is 4. The first-order chi connectivity index (χ1) is 12.2. The number of ether oxygens (including phenoxy) is 1. The fourth-order valence-electron chi connectivity index (χ4n) is 3.41. The molecule has 4 heteroatoms. The van der Waals surface area contributed by atoms with Crippen molar-refractivity contribution in [3.05, 3.63) is 64.7 Å². The topological polar surface area (TPSA) is 29.5 Å². The van der Waals surface area contributed by atoms with E-state index in [1.165, 1.54) is 5.56 Å². The molecule has 0 radical (unpaired) electrons. The van der Waals surface area contributed by atoms with Gasteiger partial charge in [0.15, 0.2) is 0 Å². The number of methoxy groups -OCH3 is 1. The molecule has 1 fully saturated rings. The van der Waals surface area contributed by atoms with Crippen LogP contribution in [0.15, 0.2) is 48.5 Å². The van der Waals surface area contributed by atoms with Crippen LogP contribution < -0.4 is 4.74 Å². The molecule has 0 N–H and O–H groups in total. The van der Waals surface area contributed by atoms with E-state index in [1.54, 1.807) is 7.11 Å². The maximum atomic E-state index is 12.8. The Balaban J connectivity index is 1.67. The van der Waals surface area contributed by atoms with E-state index in [9.17, 15) is 4.79 Å². The van der Waals surface area contributed by atoms with Crippen molar-refractivity contribution in [3.8, 4) is 5.75 Å². The minimum atomic E-state index is 0.200. The number of carbonyl (C=O) groups is 1. The Kier molecular flexibility index (Phi) is 5.98. The number of carbonyl (C=O) groups excluding carboxylic acids is 1. The fraction of sp³-hybridized carbons (Fsp3) is 0.381. The number of nitrogens with zero attached hydrogens (tertiary/aromatic N) is 1. The van der Waals surface area contributed by atoms with Gasteiger partial charge in [0.1, 0.15) is 5.75 Å². The largest absolute Gasteiger partial charge is 0.497 e. The molecule has 3 nitrogen and oxygen atoms in total. The quantitative estimate of drug-likeness (QED) is 0.794. The van der Waals surface area contributed by atoms with Gasteiger partial charge < -0.3 is 9.64 Å². The van der Waals surface area contributed by atoms with E-state index in [2.05, 4.69) is 12.1 Å². The van der Waals surface area contributed by atoms with Crippen molar-refractivity contribution in [2.75, 3.05) is 20.2 Å². The van der Waals surface area contributed by atoms with Crippen LogP contribution in [0.25, 0.3) is 0 Å². The lowest BCUT2D eigenvalue weighted by molar-refractivity contribution is -0.130. The van der Waals surface area contributed by atoms with Crippen LogP contribution >= 0.6 is 11.6 Å². The van der Waals surface area contributed by atoms with Crippen LogP contribution in [0, 0.1) is 0 Å². The number of benzene rings is 2. The molecule has 0 spiro atoms. The Morgan fingerprint density at radius 1 is 1.12 bits per heavy atom. The summed E-state index contributed by atoms with van der Waals surface area (Å²) in [7, 11) is 1.65. The third-order valence-electron chi connectivity index (χ3n) is 4.88. The number of likely N-dealkylation sites (tertiary alicyclic amines) is 1. The SMILES string of the molecule is COc1ccc(CC(=O)N2CCCCC(c3ccc(Cl)cc3)C2)cc1. The molecule has 132 valence electrons. The maximum Gasteiger partial charge on any atom is 0.227 e. The van der Waals surface area contributed by atoms with Gasteiger partial charge in [0.2, 0.25) is 5.91 Å². The molecule has 1 heterocycles. The first-order valence-corrected chi connectivity index (χ1v) is 9.19. The number of halogens is 1. The van der Waals surface area contributed by atoms with E-state index in [4.69, 9.17) is 16.3 Å². The summed E-state index contributed by atoms with van der Waals surface area (Å²) in [4.78, 5) is 14.8. The minimum Gasteiger partial charge on any atom is -0.497 e. The summed E-state index contributed by atoms with van der Waals surface area (Å²) < 4.78 is 5.17. The molecule has 0 aliphatic carbocycles. The van der Waals surface area contributed by atoms with Gasteiger partial charge in [-0.25, -0.2) is 0 Å². The Hall–Kier alpha value is -2.00. The minimum absolute atomic E-state index is 0.200. The Morgan fingerprint density at radius 3 is 2.52 bits per heavy atom. The summed E-state index contributed by atoms with van der Waals surface area (Å²) in [6, 6.07) is 15.8. The Bertz CT molecular complexity index is 697. The van der Waals surface area contributed by atoms with Gasteiger partial charge in [0.25, 0.3) is 0 Å². The van der Waals surface area contributed by atoms with Crippen LogP contribution in [0.3, 0.4) is 0 Å². The summed E-state index contributed by atoms with van der Waals surface area (Å²) in [5.41, 5.74) is 2.30. The van der Waals surface area contributed by atoms with Gasteiger partial charge in [-0.1, -0.05) is 42.3 Å². The monoisotopic (exact) mass is 357 g/mol. The first kappa shape index (κ1) is 17.8. The summed E-state index contributed by atoms with van der Waals surface area (Å²) in [6.45, 7) is 1.63. The molecule has 1 atom stereocenters. The van der Waals surface area contributed by atoms with Gasteiger partial charge in [-0.15, -0.1) is 0 Å². The molecule has 1 amide bonds. The molecular weight excluding hydrogens is 334 g/mol. The van der Waals surface area contributed by atoms with Crippen molar-refractivity contribution in [3.63, 3.8) is 0 Å². The lowest BCUT2D eigenvalue weighted by atomic mass is 9.94. The van der Waals surface area contributed by atoms with E-state index in [1.807, 2.05) is 41.3 Å². The third-order valence-corrected chi connectivity index (χ3v) is 5.13. The molecule has 0 bridgehead atoms. The predicted octanol–water partition coefficient (Wildman–Crippen LogP) is 4.69. The molecular formula is C21H24ClNO2. The highest BCUT2D eigenvalue weighted by atomic mass is 35.5. The van der Waals surface area contributed by atoms with Crippen LogP contribution in [-0.2, 0) is 11.2 Å². The van der Waals surface area contributed by atoms with E-state index in [-0.39, 0.29) is 5.91 Å². The molecule has 1 aliphatic heterocycles. The average molecular weight is 358 g/mol. The van der Waals surface area contributed by atoms with E-state index in [0.29, 0.717) is 12.3 Å². The molecule has 1 aliphatic rings. The summed E-state index contributed by atoms with van der Waals surface area (Å²) >= 11 is 6.00. The van der Waals surface area contributed by atoms with Gasteiger partial charge in [-0.05, 0) is 48.2 Å². The van der Waals surface area contributed by atoms with Gasteiger partial charge in [-0.2, -0.15) is 0 Å². The molecule has 3 rings (SSSR count). The zero-order valence-electron chi connectivity index (χ0n) is 14.6. The number of hydrogen-bond acceptors (Lipinski definition) is 2. The van der Waals surface area contributed by atoms with Gasteiger partial charge in [0.05, 0.1) is 13.5 Å². The molecule has 0 saturated carbocycles. The summed E-state index contributed by atoms with van der Waals surface area (Å²) in [5, 5.41) is 0.754. The second-order valence-corrected chi connectivity index (χ2v) is 7.05. The molecule has 2 aromatic rings. The highest BCUT2D eigenvalue weighted by molar-refractivity contribution is 6.30. The second kappa shape index (κ2) is 8.39. The molecule has 1 saturated heterocycles. The molecule has 0 aromatic heterocycles. The van der Waals surface area contributed by atoms with Gasteiger partial charge in [-0.3, -0.25) is 4.79 Å². The van der Waals surface area contributed by atoms with E-state index >= 15 is 0 Å². The lowest BCUT2D eigenvalue weighted by Gasteiger charge is -2.25. The smallest absolute Gasteiger partial charge is 0.227 e. The van der Waals surface area contributed by atoms with Crippen LogP contribution in [0.4, 0.5) is 0 Å². The maximum absolute atomic E-state index is 12.8. The van der Waals surface area contributed by atoms with E-state index in [0.717, 1.165) is 48.7 Å². The van der Waals surface area contributed by atoms with Gasteiger partial charge >= 0.3 is 0 Å². The second-order valence-electron chi connectivity index (χ2n) is 6.61. The summed E-state index contributed by atoms with van der Waals surface area (Å²) in [5.74, 6) is 1.40. The summed E-state index contributed by atoms with van der Waals surface area (Å²) in [6.07, 6.45) is 3.78. The highest BCUT2D eigenvalue weighted by Crippen LogP contribution is 2.28.